The van der Waals surface area contributed by atoms with Crippen molar-refractivity contribution >= 4 is 21.9 Å². The van der Waals surface area contributed by atoms with Crippen LogP contribution in [0.2, 0.25) is 0 Å². The Balaban J connectivity index is 2.17. The first-order chi connectivity index (χ1) is 8.98. The lowest BCUT2D eigenvalue weighted by Gasteiger charge is -2.26. The molecular weight excluding hydrogens is 264 g/mol. The molecule has 0 aliphatic carbocycles. The predicted molar refractivity (Wildman–Crippen MR) is 76.8 cm³/mol. The zero-order chi connectivity index (χ0) is 13.9. The van der Waals surface area contributed by atoms with Crippen LogP contribution in [0.4, 0.5) is 0 Å². The van der Waals surface area contributed by atoms with Gasteiger partial charge in [0.25, 0.3) is 0 Å². The Bertz CT molecular complexity index is 446. The third-order valence-electron chi connectivity index (χ3n) is 3.61. The minimum absolute atomic E-state index is 0.633. The number of likely N-dealkylation sites (tertiary alicyclic amines) is 2. The van der Waals surface area contributed by atoms with Crippen LogP contribution in [0.5, 0.6) is 0 Å². The van der Waals surface area contributed by atoms with E-state index < -0.39 is 10.2 Å². The van der Waals surface area contributed by atoms with Crippen LogP contribution in [0.25, 0.3) is 0 Å². The molecule has 0 spiro atoms. The number of piperidine rings is 2. The Morgan fingerprint density at radius 2 is 1.26 bits per heavy atom. The smallest absolute Gasteiger partial charge is 0.362 e. The summed E-state index contributed by atoms with van der Waals surface area (Å²) in [7, 11) is 0.0106. The summed E-state index contributed by atoms with van der Waals surface area (Å²) in [6, 6.07) is 0. The highest BCUT2D eigenvalue weighted by Crippen LogP contribution is 2.15. The molecule has 7 heteroatoms. The first kappa shape index (κ1) is 14.3. The number of amidine groups is 2. The number of rotatable bonds is 2. The first-order valence-electron chi connectivity index (χ1n) is 6.83. The summed E-state index contributed by atoms with van der Waals surface area (Å²) in [6.45, 7) is 1.73. The van der Waals surface area contributed by atoms with E-state index in [1.54, 1.807) is 0 Å². The third kappa shape index (κ3) is 3.92. The molecule has 2 heterocycles. The maximum absolute atomic E-state index is 12.0. The van der Waals surface area contributed by atoms with Crippen LogP contribution in [0.3, 0.4) is 0 Å². The van der Waals surface area contributed by atoms with E-state index in [-0.39, 0.29) is 0 Å². The van der Waals surface area contributed by atoms with Crippen LogP contribution in [0, 0.1) is 0 Å². The van der Waals surface area contributed by atoms with Crippen molar-refractivity contribution < 1.29 is 8.42 Å². The molecule has 2 rings (SSSR count). The summed E-state index contributed by atoms with van der Waals surface area (Å²) in [4.78, 5) is 3.82. The number of hydrogen-bond acceptors (Lipinski definition) is 2. The van der Waals surface area contributed by atoms with Crippen molar-refractivity contribution in [3.05, 3.63) is 0 Å². The molecule has 0 saturated carbocycles. The summed E-state index contributed by atoms with van der Waals surface area (Å²) in [6.07, 6.45) is 5.61. The van der Waals surface area contributed by atoms with Crippen molar-refractivity contribution in [3.63, 3.8) is 0 Å². The van der Waals surface area contributed by atoms with E-state index in [0.29, 0.717) is 11.7 Å². The normalized spacial score (nSPS) is 26.2. The Hall–Kier alpha value is -1.11. The van der Waals surface area contributed by atoms with Crippen molar-refractivity contribution in [1.82, 2.24) is 9.80 Å². The lowest BCUT2D eigenvalue weighted by atomic mass is 10.1. The van der Waals surface area contributed by atoms with Crippen molar-refractivity contribution in [2.75, 3.05) is 27.2 Å². The third-order valence-corrected chi connectivity index (χ3v) is 4.49. The largest absolute Gasteiger partial charge is 0.366 e. The van der Waals surface area contributed by atoms with E-state index >= 15 is 0 Å². The second kappa shape index (κ2) is 5.90. The molecule has 0 bridgehead atoms. The molecule has 0 radical (unpaired) electrons. The number of hydrogen-bond donors (Lipinski definition) is 0. The number of nitrogens with zero attached hydrogens (tertiary/aromatic N) is 4. The van der Waals surface area contributed by atoms with Crippen molar-refractivity contribution in [1.29, 1.82) is 0 Å². The minimum Gasteiger partial charge on any atom is -0.362 e. The second-order valence-corrected chi connectivity index (χ2v) is 6.48. The molecular formula is C12H22N4O2S. The van der Waals surface area contributed by atoms with Gasteiger partial charge in [-0.15, -0.1) is 8.80 Å². The Kier molecular flexibility index (Phi) is 4.44. The maximum Gasteiger partial charge on any atom is 0.366 e. The van der Waals surface area contributed by atoms with Gasteiger partial charge in [-0.2, -0.15) is 8.42 Å². The van der Waals surface area contributed by atoms with Gasteiger partial charge in [-0.1, -0.05) is 0 Å². The summed E-state index contributed by atoms with van der Waals surface area (Å²) >= 11 is 0. The van der Waals surface area contributed by atoms with Crippen molar-refractivity contribution in [3.8, 4) is 0 Å². The Labute approximate surface area is 115 Å². The topological polar surface area (TPSA) is 65.3 Å². The fourth-order valence-electron chi connectivity index (χ4n) is 2.42. The van der Waals surface area contributed by atoms with Gasteiger partial charge in [0.1, 0.15) is 11.7 Å². The fraction of sp³-hybridized carbons (Fsp3) is 0.833. The maximum atomic E-state index is 12.0. The average molecular weight is 286 g/mol. The second-order valence-electron chi connectivity index (χ2n) is 5.22. The zero-order valence-electron chi connectivity index (χ0n) is 11.7. The highest BCUT2D eigenvalue weighted by atomic mass is 32.2. The van der Waals surface area contributed by atoms with Gasteiger partial charge >= 0.3 is 10.2 Å². The molecule has 2 aliphatic heterocycles. The van der Waals surface area contributed by atoms with Gasteiger partial charge in [-0.3, -0.25) is 0 Å². The van der Waals surface area contributed by atoms with Crippen LogP contribution >= 0.6 is 0 Å². The molecule has 6 nitrogen and oxygen atoms in total. The molecule has 0 unspecified atom stereocenters. The summed E-state index contributed by atoms with van der Waals surface area (Å²) in [5.41, 5.74) is 0. The van der Waals surface area contributed by atoms with Crippen LogP contribution in [0.1, 0.15) is 38.5 Å². The van der Waals surface area contributed by atoms with E-state index in [4.69, 9.17) is 0 Å². The molecule has 0 amide bonds. The average Bonchev–Trinajstić information content (AvgIpc) is 2.35. The van der Waals surface area contributed by atoms with E-state index in [1.807, 2.05) is 23.9 Å². The molecule has 0 atom stereocenters. The van der Waals surface area contributed by atoms with Crippen LogP contribution in [-0.4, -0.2) is 57.1 Å². The lowest BCUT2D eigenvalue weighted by Crippen LogP contribution is -2.33. The Morgan fingerprint density at radius 1 is 0.842 bits per heavy atom. The van der Waals surface area contributed by atoms with Gasteiger partial charge in [0, 0.05) is 40.0 Å². The monoisotopic (exact) mass is 286 g/mol. The molecule has 0 aromatic rings. The molecule has 0 aromatic heterocycles. The summed E-state index contributed by atoms with van der Waals surface area (Å²) in [5.74, 6) is 1.27. The van der Waals surface area contributed by atoms with E-state index in [0.717, 1.165) is 51.6 Å². The molecule has 2 aliphatic rings. The zero-order valence-corrected chi connectivity index (χ0v) is 12.5. The van der Waals surface area contributed by atoms with Crippen molar-refractivity contribution in [2.45, 2.75) is 38.5 Å². The van der Waals surface area contributed by atoms with Crippen LogP contribution < -0.4 is 0 Å². The first-order valence-corrected chi connectivity index (χ1v) is 8.22. The Morgan fingerprint density at radius 3 is 1.63 bits per heavy atom. The summed E-state index contributed by atoms with van der Waals surface area (Å²) in [5, 5.41) is 0. The van der Waals surface area contributed by atoms with Gasteiger partial charge in [0.2, 0.25) is 0 Å². The molecule has 0 aromatic carbocycles. The summed E-state index contributed by atoms with van der Waals surface area (Å²) < 4.78 is 31.8. The van der Waals surface area contributed by atoms with Gasteiger partial charge in [0.05, 0.1) is 0 Å². The highest BCUT2D eigenvalue weighted by molar-refractivity contribution is 7.89. The van der Waals surface area contributed by atoms with Crippen LogP contribution in [0.15, 0.2) is 8.80 Å². The molecule has 108 valence electrons. The van der Waals surface area contributed by atoms with Gasteiger partial charge in [-0.25, -0.2) is 0 Å². The quantitative estimate of drug-likeness (QED) is 0.766. The minimum atomic E-state index is -3.75. The molecule has 2 fully saturated rings. The van der Waals surface area contributed by atoms with Crippen LogP contribution in [-0.2, 0) is 10.2 Å². The SMILES string of the molecule is CN1CCCC/C1=N/S(=O)(=O)/N=C1\CCCCN1C. The van der Waals surface area contributed by atoms with E-state index in [1.165, 1.54) is 0 Å². The van der Waals surface area contributed by atoms with Gasteiger partial charge in [0.15, 0.2) is 0 Å². The van der Waals surface area contributed by atoms with E-state index in [2.05, 4.69) is 8.80 Å². The van der Waals surface area contributed by atoms with E-state index in [9.17, 15) is 8.42 Å². The molecule has 2 saturated heterocycles. The van der Waals surface area contributed by atoms with Gasteiger partial charge < -0.3 is 9.80 Å². The highest BCUT2D eigenvalue weighted by Gasteiger charge is 2.19. The predicted octanol–water partition coefficient (Wildman–Crippen LogP) is 1.26. The standard InChI is InChI=1S/C12H22N4O2S/c1-15-9-5-3-7-11(15)13-19(17,18)14-12-8-4-6-10-16(12)2/h3-10H2,1-2H3/b13-11-,14-12+. The van der Waals surface area contributed by atoms with Crippen molar-refractivity contribution in [2.24, 2.45) is 8.80 Å². The van der Waals surface area contributed by atoms with Gasteiger partial charge in [-0.05, 0) is 25.7 Å². The molecule has 19 heavy (non-hydrogen) atoms. The fourth-order valence-corrected chi connectivity index (χ4v) is 3.46. The molecule has 0 N–H and O–H groups in total. The lowest BCUT2D eigenvalue weighted by molar-refractivity contribution is 0.433.